The highest BCUT2D eigenvalue weighted by Gasteiger charge is 2.11. The fraction of sp³-hybridized carbons (Fsp3) is 0.273. The molecule has 2 amide bonds. The molecule has 104 valence electrons. The number of carbonyl (C=O) groups excluding carboxylic acids is 2. The van der Waals surface area contributed by atoms with Crippen molar-refractivity contribution in [3.05, 3.63) is 29.8 Å². The molecule has 0 saturated heterocycles. The van der Waals surface area contributed by atoms with Crippen molar-refractivity contribution in [2.24, 2.45) is 5.73 Å². The van der Waals surface area contributed by atoms with E-state index in [1.54, 1.807) is 0 Å². The van der Waals surface area contributed by atoms with Crippen LogP contribution in [0.15, 0.2) is 18.2 Å². The minimum atomic E-state index is -0.917. The maximum atomic E-state index is 13.2. The lowest BCUT2D eigenvalue weighted by atomic mass is 10.3. The molecule has 0 fully saturated rings. The molecule has 0 heterocycles. The molecule has 4 N–H and O–H groups in total. The largest absolute Gasteiger partial charge is 0.448 e. The van der Waals surface area contributed by atoms with Gasteiger partial charge in [0.1, 0.15) is 23.9 Å². The molecule has 0 aliphatic heterocycles. The lowest BCUT2D eigenvalue weighted by Crippen LogP contribution is -2.31. The van der Waals surface area contributed by atoms with Crippen LogP contribution in [0.3, 0.4) is 0 Å². The fourth-order valence-corrected chi connectivity index (χ4v) is 1.23. The zero-order chi connectivity index (χ0) is 14.3. The molecule has 1 aromatic rings. The number of anilines is 1. The number of primary amides is 1. The van der Waals surface area contributed by atoms with Gasteiger partial charge in [-0.25, -0.2) is 13.6 Å². The van der Waals surface area contributed by atoms with Crippen LogP contribution in [0.1, 0.15) is 0 Å². The zero-order valence-corrected chi connectivity index (χ0v) is 9.91. The van der Waals surface area contributed by atoms with Crippen LogP contribution >= 0.6 is 0 Å². The van der Waals surface area contributed by atoms with Crippen molar-refractivity contribution in [1.82, 2.24) is 5.32 Å². The van der Waals surface area contributed by atoms with E-state index in [1.165, 1.54) is 6.07 Å². The number of hydrogen-bond acceptors (Lipinski definition) is 4. The molecule has 19 heavy (non-hydrogen) atoms. The van der Waals surface area contributed by atoms with Crippen molar-refractivity contribution >= 4 is 17.7 Å². The van der Waals surface area contributed by atoms with E-state index in [2.05, 4.69) is 15.4 Å². The number of ether oxygens (including phenoxy) is 1. The summed E-state index contributed by atoms with van der Waals surface area (Å²) in [7, 11) is 0. The molecule has 0 aromatic heterocycles. The van der Waals surface area contributed by atoms with Gasteiger partial charge < -0.3 is 21.1 Å². The number of rotatable bonds is 6. The third kappa shape index (κ3) is 5.30. The number of hydrogen-bond donors (Lipinski definition) is 3. The van der Waals surface area contributed by atoms with Crippen LogP contribution in [0, 0.1) is 11.6 Å². The van der Waals surface area contributed by atoms with E-state index in [0.29, 0.717) is 0 Å². The molecular formula is C11H13F2N3O3. The van der Waals surface area contributed by atoms with Gasteiger partial charge in [0.15, 0.2) is 0 Å². The molecule has 0 radical (unpaired) electrons. The smallest absolute Gasteiger partial charge is 0.404 e. The predicted molar refractivity (Wildman–Crippen MR) is 63.4 cm³/mol. The summed E-state index contributed by atoms with van der Waals surface area (Å²) in [6.45, 7) is 0.00266. The number of benzene rings is 1. The van der Waals surface area contributed by atoms with E-state index in [-0.39, 0.29) is 19.7 Å². The predicted octanol–water partition coefficient (Wildman–Crippen LogP) is 0.588. The molecule has 6 nitrogen and oxygen atoms in total. The number of para-hydroxylation sites is 1. The number of nitrogens with two attached hydrogens (primary N) is 1. The van der Waals surface area contributed by atoms with Crippen LogP contribution in [-0.2, 0) is 9.53 Å². The summed E-state index contributed by atoms with van der Waals surface area (Å²) in [5.74, 6) is -2.33. The van der Waals surface area contributed by atoms with Gasteiger partial charge in [-0.05, 0) is 12.1 Å². The number of amides is 2. The summed E-state index contributed by atoms with van der Waals surface area (Å²) in [5, 5.41) is 4.70. The summed E-state index contributed by atoms with van der Waals surface area (Å²) in [6, 6.07) is 3.26. The molecule has 0 unspecified atom stereocenters. The standard InChI is InChI=1S/C11H13F2N3O3/c12-7-2-1-3-8(13)10(7)16-9(17)6-15-4-5-19-11(14)18/h1-3,15H,4-6H2,(H2,14,18)(H,16,17). The zero-order valence-electron chi connectivity index (χ0n) is 9.91. The van der Waals surface area contributed by atoms with Gasteiger partial charge in [-0.2, -0.15) is 0 Å². The highest BCUT2D eigenvalue weighted by atomic mass is 19.1. The maximum Gasteiger partial charge on any atom is 0.404 e. The number of carbonyl (C=O) groups is 2. The number of nitrogens with one attached hydrogen (secondary N) is 2. The minimum Gasteiger partial charge on any atom is -0.448 e. The van der Waals surface area contributed by atoms with Gasteiger partial charge >= 0.3 is 6.09 Å². The van der Waals surface area contributed by atoms with E-state index >= 15 is 0 Å². The molecule has 8 heteroatoms. The second kappa shape index (κ2) is 7.27. The Morgan fingerprint density at radius 3 is 2.47 bits per heavy atom. The normalized spacial score (nSPS) is 10.0. The third-order valence-electron chi connectivity index (χ3n) is 2.04. The molecule has 0 atom stereocenters. The summed E-state index contributed by atoms with van der Waals surface area (Å²) < 4.78 is 30.8. The summed E-state index contributed by atoms with van der Waals surface area (Å²) in [4.78, 5) is 21.6. The Labute approximate surface area is 107 Å². The summed E-state index contributed by atoms with van der Waals surface area (Å²) in [5.41, 5.74) is 4.22. The van der Waals surface area contributed by atoms with Crippen molar-refractivity contribution in [3.63, 3.8) is 0 Å². The Morgan fingerprint density at radius 1 is 1.26 bits per heavy atom. The second-order valence-electron chi connectivity index (χ2n) is 3.49. The highest BCUT2D eigenvalue weighted by molar-refractivity contribution is 5.92. The van der Waals surface area contributed by atoms with Gasteiger partial charge in [0.05, 0.1) is 6.54 Å². The Balaban J connectivity index is 2.33. The van der Waals surface area contributed by atoms with Crippen LogP contribution in [-0.4, -0.2) is 31.7 Å². The van der Waals surface area contributed by atoms with Crippen LogP contribution in [0.25, 0.3) is 0 Å². The van der Waals surface area contributed by atoms with Crippen LogP contribution < -0.4 is 16.4 Å². The van der Waals surface area contributed by atoms with Gasteiger partial charge in [0.25, 0.3) is 0 Å². The molecule has 0 spiro atoms. The van der Waals surface area contributed by atoms with E-state index in [4.69, 9.17) is 5.73 Å². The van der Waals surface area contributed by atoms with Crippen molar-refractivity contribution in [1.29, 1.82) is 0 Å². The Kier molecular flexibility index (Phi) is 5.68. The molecule has 0 aliphatic rings. The fourth-order valence-electron chi connectivity index (χ4n) is 1.23. The molecular weight excluding hydrogens is 260 g/mol. The second-order valence-corrected chi connectivity index (χ2v) is 3.49. The van der Waals surface area contributed by atoms with E-state index < -0.39 is 29.3 Å². The van der Waals surface area contributed by atoms with Crippen molar-refractivity contribution in [2.75, 3.05) is 25.0 Å². The van der Waals surface area contributed by atoms with Crippen LogP contribution in [0.5, 0.6) is 0 Å². The van der Waals surface area contributed by atoms with Crippen molar-refractivity contribution < 1.29 is 23.1 Å². The van der Waals surface area contributed by atoms with Gasteiger partial charge in [-0.15, -0.1) is 0 Å². The number of halogens is 2. The summed E-state index contributed by atoms with van der Waals surface area (Å²) >= 11 is 0. The quantitative estimate of drug-likeness (QED) is 0.661. The first-order valence-corrected chi connectivity index (χ1v) is 5.37. The van der Waals surface area contributed by atoms with Crippen molar-refractivity contribution in [2.45, 2.75) is 0 Å². The lowest BCUT2D eigenvalue weighted by Gasteiger charge is -2.08. The Hall–Kier alpha value is -2.22. The first-order chi connectivity index (χ1) is 9.00. The topological polar surface area (TPSA) is 93.5 Å². The molecule has 0 saturated carbocycles. The van der Waals surface area contributed by atoms with Gasteiger partial charge in [-0.3, -0.25) is 4.79 Å². The molecule has 0 aliphatic carbocycles. The van der Waals surface area contributed by atoms with E-state index in [1.807, 2.05) is 0 Å². The SMILES string of the molecule is NC(=O)OCCNCC(=O)Nc1c(F)cccc1F. The van der Waals surface area contributed by atoms with Crippen LogP contribution in [0.4, 0.5) is 19.3 Å². The molecule has 0 bridgehead atoms. The Morgan fingerprint density at radius 2 is 1.89 bits per heavy atom. The van der Waals surface area contributed by atoms with E-state index in [9.17, 15) is 18.4 Å². The van der Waals surface area contributed by atoms with Gasteiger partial charge in [0.2, 0.25) is 5.91 Å². The van der Waals surface area contributed by atoms with Crippen LogP contribution in [0.2, 0.25) is 0 Å². The summed E-state index contributed by atoms with van der Waals surface area (Å²) in [6.07, 6.45) is -0.917. The minimum absolute atomic E-state index is 0.00330. The molecule has 1 aromatic carbocycles. The first kappa shape index (κ1) is 14.8. The first-order valence-electron chi connectivity index (χ1n) is 5.37. The lowest BCUT2D eigenvalue weighted by molar-refractivity contribution is -0.115. The van der Waals surface area contributed by atoms with Crippen molar-refractivity contribution in [3.8, 4) is 0 Å². The monoisotopic (exact) mass is 273 g/mol. The average molecular weight is 273 g/mol. The third-order valence-corrected chi connectivity index (χ3v) is 2.04. The van der Waals surface area contributed by atoms with Gasteiger partial charge in [-0.1, -0.05) is 6.07 Å². The average Bonchev–Trinajstić information content (AvgIpc) is 2.33. The maximum absolute atomic E-state index is 13.2. The Bertz CT molecular complexity index is 448. The molecule has 1 rings (SSSR count). The highest BCUT2D eigenvalue weighted by Crippen LogP contribution is 2.17. The van der Waals surface area contributed by atoms with E-state index in [0.717, 1.165) is 12.1 Å². The van der Waals surface area contributed by atoms with Gasteiger partial charge in [0, 0.05) is 6.54 Å².